The van der Waals surface area contributed by atoms with Crippen molar-refractivity contribution >= 4 is 0 Å². The third-order valence-corrected chi connectivity index (χ3v) is 3.48. The van der Waals surface area contributed by atoms with Crippen LogP contribution in [0.25, 0.3) is 0 Å². The minimum atomic E-state index is 0.354. The highest BCUT2D eigenvalue weighted by molar-refractivity contribution is 4.98. The molecule has 1 heterocycles. The van der Waals surface area contributed by atoms with E-state index < -0.39 is 0 Å². The Morgan fingerprint density at radius 3 is 2.80 bits per heavy atom. The summed E-state index contributed by atoms with van der Waals surface area (Å²) in [7, 11) is 0. The molecule has 1 fully saturated rings. The molecule has 2 rings (SSSR count). The monoisotopic (exact) mass is 208 g/mol. The molecule has 3 N–H and O–H groups in total. The van der Waals surface area contributed by atoms with Crippen LogP contribution >= 0.6 is 0 Å². The number of nitrogens with two attached hydrogens (primary N) is 1. The van der Waals surface area contributed by atoms with E-state index in [0.717, 1.165) is 25.4 Å². The Kier molecular flexibility index (Phi) is 3.44. The van der Waals surface area contributed by atoms with Crippen LogP contribution in [0.1, 0.15) is 31.4 Å². The second-order valence-corrected chi connectivity index (χ2v) is 4.59. The Morgan fingerprint density at radius 1 is 1.40 bits per heavy atom. The molecule has 0 amide bonds. The molecule has 0 saturated heterocycles. The number of hydrogen-bond acceptors (Lipinski definition) is 3. The van der Waals surface area contributed by atoms with E-state index in [1.165, 1.54) is 25.7 Å². The lowest BCUT2D eigenvalue weighted by Gasteiger charge is -2.27. The predicted molar refractivity (Wildman–Crippen MR) is 60.4 cm³/mol. The van der Waals surface area contributed by atoms with Crippen LogP contribution in [0.4, 0.5) is 0 Å². The Hall–Kier alpha value is -0.800. The zero-order valence-corrected chi connectivity index (χ0v) is 9.17. The summed E-state index contributed by atoms with van der Waals surface area (Å²) in [5, 5.41) is 3.45. The quantitative estimate of drug-likeness (QED) is 0.777. The summed E-state index contributed by atoms with van der Waals surface area (Å²) >= 11 is 0. The molecule has 15 heavy (non-hydrogen) atoms. The molecule has 1 saturated carbocycles. The van der Waals surface area contributed by atoms with E-state index in [0.29, 0.717) is 5.41 Å². The van der Waals surface area contributed by atoms with Gasteiger partial charge in [0.15, 0.2) is 0 Å². The summed E-state index contributed by atoms with van der Waals surface area (Å²) in [4.78, 5) is 0. The van der Waals surface area contributed by atoms with Gasteiger partial charge in [0.05, 0.1) is 12.8 Å². The smallest absolute Gasteiger partial charge is 0.117 e. The average molecular weight is 208 g/mol. The topological polar surface area (TPSA) is 51.2 Å². The standard InChI is InChI=1S/C12H20N2O/c13-9-12(5-1-2-6-12)10-14-8-11-4-3-7-15-11/h3-4,7,14H,1-2,5-6,8-10,13H2. The Labute approximate surface area is 91.0 Å². The van der Waals surface area contributed by atoms with Gasteiger partial charge in [-0.1, -0.05) is 12.8 Å². The second-order valence-electron chi connectivity index (χ2n) is 4.59. The first-order chi connectivity index (χ1) is 7.35. The maximum absolute atomic E-state index is 5.86. The van der Waals surface area contributed by atoms with Gasteiger partial charge in [0, 0.05) is 6.54 Å². The molecule has 0 spiro atoms. The van der Waals surface area contributed by atoms with E-state index in [-0.39, 0.29) is 0 Å². The van der Waals surface area contributed by atoms with Gasteiger partial charge in [0.2, 0.25) is 0 Å². The van der Waals surface area contributed by atoms with E-state index in [1.807, 2.05) is 12.1 Å². The summed E-state index contributed by atoms with van der Waals surface area (Å²) < 4.78 is 5.27. The molecule has 1 aromatic rings. The highest BCUT2D eigenvalue weighted by Crippen LogP contribution is 2.36. The van der Waals surface area contributed by atoms with Gasteiger partial charge in [-0.25, -0.2) is 0 Å². The van der Waals surface area contributed by atoms with E-state index in [1.54, 1.807) is 6.26 Å². The zero-order valence-electron chi connectivity index (χ0n) is 9.17. The van der Waals surface area contributed by atoms with Crippen molar-refractivity contribution in [3.63, 3.8) is 0 Å². The van der Waals surface area contributed by atoms with Gasteiger partial charge in [-0.15, -0.1) is 0 Å². The van der Waals surface area contributed by atoms with Crippen LogP contribution in [0.3, 0.4) is 0 Å². The van der Waals surface area contributed by atoms with Gasteiger partial charge in [0.25, 0.3) is 0 Å². The van der Waals surface area contributed by atoms with Crippen molar-refractivity contribution in [1.82, 2.24) is 5.32 Å². The van der Waals surface area contributed by atoms with Crippen molar-refractivity contribution in [2.75, 3.05) is 13.1 Å². The van der Waals surface area contributed by atoms with Crippen LogP contribution in [-0.2, 0) is 6.54 Å². The van der Waals surface area contributed by atoms with Crippen LogP contribution < -0.4 is 11.1 Å². The van der Waals surface area contributed by atoms with Crippen LogP contribution in [0.2, 0.25) is 0 Å². The van der Waals surface area contributed by atoms with E-state index >= 15 is 0 Å². The van der Waals surface area contributed by atoms with Crippen molar-refractivity contribution in [1.29, 1.82) is 0 Å². The lowest BCUT2D eigenvalue weighted by atomic mass is 9.86. The summed E-state index contributed by atoms with van der Waals surface area (Å²) in [6.45, 7) is 2.64. The molecule has 0 aliphatic heterocycles. The molecular weight excluding hydrogens is 188 g/mol. The number of nitrogens with one attached hydrogen (secondary N) is 1. The highest BCUT2D eigenvalue weighted by Gasteiger charge is 2.31. The average Bonchev–Trinajstić information content (AvgIpc) is 2.89. The van der Waals surface area contributed by atoms with Crippen molar-refractivity contribution in [3.8, 4) is 0 Å². The number of rotatable bonds is 5. The SMILES string of the molecule is NCC1(CNCc2ccco2)CCCC1. The van der Waals surface area contributed by atoms with Crippen molar-refractivity contribution in [2.45, 2.75) is 32.2 Å². The van der Waals surface area contributed by atoms with Gasteiger partial charge in [-0.05, 0) is 36.9 Å². The molecule has 0 radical (unpaired) electrons. The van der Waals surface area contributed by atoms with Gasteiger partial charge in [-0.2, -0.15) is 0 Å². The molecule has 3 heteroatoms. The van der Waals surface area contributed by atoms with E-state index in [2.05, 4.69) is 5.32 Å². The van der Waals surface area contributed by atoms with Crippen LogP contribution in [0.5, 0.6) is 0 Å². The molecule has 84 valence electrons. The van der Waals surface area contributed by atoms with Gasteiger partial charge in [-0.3, -0.25) is 0 Å². The van der Waals surface area contributed by atoms with Gasteiger partial charge in [0.1, 0.15) is 5.76 Å². The molecule has 0 atom stereocenters. The fraction of sp³-hybridized carbons (Fsp3) is 0.667. The molecule has 1 aliphatic carbocycles. The predicted octanol–water partition coefficient (Wildman–Crippen LogP) is 1.89. The molecule has 0 unspecified atom stereocenters. The maximum Gasteiger partial charge on any atom is 0.117 e. The summed E-state index contributed by atoms with van der Waals surface area (Å²) in [5.74, 6) is 1.00. The third-order valence-electron chi connectivity index (χ3n) is 3.48. The largest absolute Gasteiger partial charge is 0.468 e. The minimum absolute atomic E-state index is 0.354. The van der Waals surface area contributed by atoms with Crippen LogP contribution in [0.15, 0.2) is 22.8 Å². The first-order valence-electron chi connectivity index (χ1n) is 5.78. The summed E-state index contributed by atoms with van der Waals surface area (Å²) in [6, 6.07) is 3.92. The first-order valence-corrected chi connectivity index (χ1v) is 5.78. The van der Waals surface area contributed by atoms with E-state index in [4.69, 9.17) is 10.2 Å². The molecule has 0 aromatic carbocycles. The third kappa shape index (κ3) is 2.61. The fourth-order valence-corrected chi connectivity index (χ4v) is 2.44. The minimum Gasteiger partial charge on any atom is -0.468 e. The highest BCUT2D eigenvalue weighted by atomic mass is 16.3. The van der Waals surface area contributed by atoms with Crippen LogP contribution in [0, 0.1) is 5.41 Å². The molecule has 1 aromatic heterocycles. The van der Waals surface area contributed by atoms with Crippen molar-refractivity contribution in [2.24, 2.45) is 11.1 Å². The molecule has 0 bridgehead atoms. The lowest BCUT2D eigenvalue weighted by molar-refractivity contribution is 0.286. The number of furan rings is 1. The lowest BCUT2D eigenvalue weighted by Crippen LogP contribution is -2.37. The summed E-state index contributed by atoms with van der Waals surface area (Å²) in [5.41, 5.74) is 6.22. The summed E-state index contributed by atoms with van der Waals surface area (Å²) in [6.07, 6.45) is 6.92. The normalized spacial score (nSPS) is 19.5. The fourth-order valence-electron chi connectivity index (χ4n) is 2.44. The van der Waals surface area contributed by atoms with Gasteiger partial charge >= 0.3 is 0 Å². The van der Waals surface area contributed by atoms with Gasteiger partial charge < -0.3 is 15.5 Å². The molecule has 3 nitrogen and oxygen atoms in total. The Bertz CT molecular complexity index is 276. The van der Waals surface area contributed by atoms with Crippen molar-refractivity contribution < 1.29 is 4.42 Å². The van der Waals surface area contributed by atoms with Crippen molar-refractivity contribution in [3.05, 3.63) is 24.2 Å². The number of hydrogen-bond donors (Lipinski definition) is 2. The first kappa shape index (κ1) is 10.7. The van der Waals surface area contributed by atoms with E-state index in [9.17, 15) is 0 Å². The maximum atomic E-state index is 5.86. The van der Waals surface area contributed by atoms with Crippen LogP contribution in [-0.4, -0.2) is 13.1 Å². The Balaban J connectivity index is 1.77. The molecule has 1 aliphatic rings. The Morgan fingerprint density at radius 2 is 2.20 bits per heavy atom. The zero-order chi connectivity index (χ0) is 10.6. The second kappa shape index (κ2) is 4.81. The molecular formula is C12H20N2O.